The predicted octanol–water partition coefficient (Wildman–Crippen LogP) is 2.69. The number of rotatable bonds is 0. The summed E-state index contributed by atoms with van der Waals surface area (Å²) in [5.74, 6) is 1.14. The van der Waals surface area contributed by atoms with E-state index >= 15 is 0 Å². The third-order valence-electron chi connectivity index (χ3n) is 4.20. The fourth-order valence-corrected chi connectivity index (χ4v) is 3.16. The molecule has 1 N–H and O–H groups in total. The zero-order chi connectivity index (χ0) is 12.0. The number of ether oxygens (including phenoxy) is 1. The summed E-state index contributed by atoms with van der Waals surface area (Å²) in [5.41, 5.74) is 4.30. The molecule has 18 heavy (non-hydrogen) atoms. The Kier molecular flexibility index (Phi) is 1.95. The molecule has 0 fully saturated rings. The Morgan fingerprint density at radius 3 is 2.67 bits per heavy atom. The zero-order valence-corrected chi connectivity index (χ0v) is 10.1. The second-order valence-corrected chi connectivity index (χ2v) is 5.20. The van der Waals surface area contributed by atoms with Gasteiger partial charge in [-0.25, -0.2) is 0 Å². The molecule has 1 spiro atoms. The fraction of sp³-hybridized carbons (Fsp3) is 0.250. The predicted molar refractivity (Wildman–Crippen MR) is 70.7 cm³/mol. The maximum absolute atomic E-state index is 5.76. The minimum Gasteiger partial charge on any atom is -0.469 e. The van der Waals surface area contributed by atoms with Crippen molar-refractivity contribution in [1.29, 1.82) is 0 Å². The van der Waals surface area contributed by atoms with Crippen molar-refractivity contribution in [1.82, 2.24) is 5.32 Å². The third-order valence-corrected chi connectivity index (χ3v) is 4.20. The maximum Gasteiger partial charge on any atom is 0.108 e. The first-order valence-electron chi connectivity index (χ1n) is 6.42. The minimum atomic E-state index is 0.0428. The molecule has 1 aromatic rings. The molecule has 4 rings (SSSR count). The highest BCUT2D eigenvalue weighted by atomic mass is 16.5. The van der Waals surface area contributed by atoms with E-state index in [1.165, 1.54) is 16.7 Å². The largest absolute Gasteiger partial charge is 0.469 e. The fourth-order valence-electron chi connectivity index (χ4n) is 3.16. The molecular formula is C16H15NO. The summed E-state index contributed by atoms with van der Waals surface area (Å²) in [6.07, 6.45) is 10.3. The first-order valence-corrected chi connectivity index (χ1v) is 6.42. The summed E-state index contributed by atoms with van der Waals surface area (Å²) >= 11 is 0. The van der Waals surface area contributed by atoms with Crippen LogP contribution in [0.2, 0.25) is 0 Å². The van der Waals surface area contributed by atoms with Gasteiger partial charge in [0.1, 0.15) is 5.76 Å². The van der Waals surface area contributed by atoms with Gasteiger partial charge < -0.3 is 10.1 Å². The van der Waals surface area contributed by atoms with Crippen molar-refractivity contribution < 1.29 is 4.74 Å². The van der Waals surface area contributed by atoms with Crippen LogP contribution in [0.4, 0.5) is 0 Å². The van der Waals surface area contributed by atoms with Crippen LogP contribution >= 0.6 is 0 Å². The number of hydrogen-bond donors (Lipinski definition) is 1. The molecule has 1 aromatic carbocycles. The van der Waals surface area contributed by atoms with Crippen LogP contribution in [0.5, 0.6) is 0 Å². The van der Waals surface area contributed by atoms with Crippen molar-refractivity contribution in [3.63, 3.8) is 0 Å². The average molecular weight is 237 g/mol. The summed E-state index contributed by atoms with van der Waals surface area (Å²) in [6, 6.07) is 8.67. The molecule has 3 aliphatic rings. The van der Waals surface area contributed by atoms with E-state index in [4.69, 9.17) is 4.74 Å². The standard InChI is InChI=1S/C16H15NO/c1-2-4-13-10-15-14(9-12(13)3-1)16(6-8-18-15)5-7-17-11-16/h1-8,17H,9-11H2. The van der Waals surface area contributed by atoms with Gasteiger partial charge in [0.15, 0.2) is 0 Å². The summed E-state index contributed by atoms with van der Waals surface area (Å²) in [6.45, 7) is 0.952. The molecule has 0 aromatic heterocycles. The van der Waals surface area contributed by atoms with Crippen LogP contribution in [0.25, 0.3) is 0 Å². The Bertz CT molecular complexity index is 597. The quantitative estimate of drug-likeness (QED) is 0.749. The van der Waals surface area contributed by atoms with Gasteiger partial charge in [-0.05, 0) is 35.4 Å². The molecule has 2 nitrogen and oxygen atoms in total. The van der Waals surface area contributed by atoms with Crippen LogP contribution in [0.3, 0.4) is 0 Å². The van der Waals surface area contributed by atoms with Gasteiger partial charge in [0.05, 0.1) is 11.7 Å². The van der Waals surface area contributed by atoms with Crippen LogP contribution < -0.4 is 5.32 Å². The van der Waals surface area contributed by atoms with E-state index in [0.717, 1.165) is 25.1 Å². The van der Waals surface area contributed by atoms with E-state index in [0.29, 0.717) is 0 Å². The lowest BCUT2D eigenvalue weighted by molar-refractivity contribution is 0.295. The molecule has 0 amide bonds. The average Bonchev–Trinajstić information content (AvgIpc) is 2.87. The van der Waals surface area contributed by atoms with E-state index in [1.54, 1.807) is 0 Å². The van der Waals surface area contributed by atoms with Gasteiger partial charge in [0.2, 0.25) is 0 Å². The molecule has 90 valence electrons. The topological polar surface area (TPSA) is 21.3 Å². The molecule has 0 saturated carbocycles. The highest BCUT2D eigenvalue weighted by molar-refractivity contribution is 5.47. The summed E-state index contributed by atoms with van der Waals surface area (Å²) in [5, 5.41) is 3.32. The molecule has 1 atom stereocenters. The first kappa shape index (κ1) is 10.0. The number of benzene rings is 1. The molecule has 0 saturated heterocycles. The Balaban J connectivity index is 1.81. The summed E-state index contributed by atoms with van der Waals surface area (Å²) in [7, 11) is 0. The second-order valence-electron chi connectivity index (χ2n) is 5.20. The van der Waals surface area contributed by atoms with Crippen molar-refractivity contribution in [2.75, 3.05) is 6.54 Å². The second kappa shape index (κ2) is 3.52. The Labute approximate surface area is 107 Å². The van der Waals surface area contributed by atoms with E-state index in [2.05, 4.69) is 47.9 Å². The highest BCUT2D eigenvalue weighted by Gasteiger charge is 2.38. The monoisotopic (exact) mass is 237 g/mol. The number of hydrogen-bond acceptors (Lipinski definition) is 2. The third kappa shape index (κ3) is 1.29. The molecule has 1 unspecified atom stereocenters. The highest BCUT2D eigenvalue weighted by Crippen LogP contribution is 2.43. The lowest BCUT2D eigenvalue weighted by Crippen LogP contribution is -2.31. The van der Waals surface area contributed by atoms with Crippen molar-refractivity contribution in [2.45, 2.75) is 12.8 Å². The normalized spacial score (nSPS) is 27.8. The van der Waals surface area contributed by atoms with Gasteiger partial charge >= 0.3 is 0 Å². The molecular weight excluding hydrogens is 222 g/mol. The van der Waals surface area contributed by atoms with Crippen LogP contribution in [0.1, 0.15) is 11.1 Å². The zero-order valence-electron chi connectivity index (χ0n) is 10.1. The molecule has 2 heteroatoms. The van der Waals surface area contributed by atoms with Gasteiger partial charge in [-0.3, -0.25) is 0 Å². The number of nitrogens with one attached hydrogen (secondary N) is 1. The molecule has 1 aliphatic carbocycles. The molecule has 0 bridgehead atoms. The van der Waals surface area contributed by atoms with Crippen molar-refractivity contribution in [3.05, 3.63) is 71.3 Å². The number of fused-ring (bicyclic) bond motifs is 2. The van der Waals surface area contributed by atoms with Crippen LogP contribution in [-0.4, -0.2) is 6.54 Å². The SMILES string of the molecule is C1=CC2(C=COC3=C2Cc2ccccc2C3)CN1. The van der Waals surface area contributed by atoms with E-state index in [-0.39, 0.29) is 5.41 Å². The van der Waals surface area contributed by atoms with Crippen LogP contribution in [-0.2, 0) is 17.6 Å². The van der Waals surface area contributed by atoms with Gasteiger partial charge in [0, 0.05) is 13.0 Å². The van der Waals surface area contributed by atoms with E-state index < -0.39 is 0 Å². The van der Waals surface area contributed by atoms with E-state index in [1.807, 2.05) is 6.26 Å². The van der Waals surface area contributed by atoms with Gasteiger partial charge in [0.25, 0.3) is 0 Å². The Hall–Kier alpha value is -1.96. The van der Waals surface area contributed by atoms with E-state index in [9.17, 15) is 0 Å². The van der Waals surface area contributed by atoms with Crippen LogP contribution in [0, 0.1) is 5.41 Å². The van der Waals surface area contributed by atoms with Crippen LogP contribution in [0.15, 0.2) is 60.2 Å². The molecule has 2 aliphatic heterocycles. The van der Waals surface area contributed by atoms with Crippen molar-refractivity contribution >= 4 is 0 Å². The smallest absolute Gasteiger partial charge is 0.108 e. The number of allylic oxidation sites excluding steroid dienone is 1. The lowest BCUT2D eigenvalue weighted by atomic mass is 9.73. The summed E-state index contributed by atoms with van der Waals surface area (Å²) in [4.78, 5) is 0. The molecule has 0 radical (unpaired) electrons. The van der Waals surface area contributed by atoms with Gasteiger partial charge in [-0.1, -0.05) is 30.3 Å². The maximum atomic E-state index is 5.76. The first-order chi connectivity index (χ1) is 8.87. The summed E-state index contributed by atoms with van der Waals surface area (Å²) < 4.78 is 5.76. The van der Waals surface area contributed by atoms with Gasteiger partial charge in [-0.2, -0.15) is 0 Å². The minimum absolute atomic E-state index is 0.0428. The van der Waals surface area contributed by atoms with Crippen molar-refractivity contribution in [2.24, 2.45) is 5.41 Å². The molecule has 2 heterocycles. The Morgan fingerprint density at radius 1 is 1.06 bits per heavy atom. The Morgan fingerprint density at radius 2 is 1.89 bits per heavy atom. The lowest BCUT2D eigenvalue weighted by Gasteiger charge is -2.35. The van der Waals surface area contributed by atoms with Gasteiger partial charge in [-0.15, -0.1) is 0 Å². The van der Waals surface area contributed by atoms with Crippen molar-refractivity contribution in [3.8, 4) is 0 Å².